The van der Waals surface area contributed by atoms with E-state index in [1.165, 1.54) is 0 Å². The molecule has 0 atom stereocenters. The van der Waals surface area contributed by atoms with Gasteiger partial charge in [-0.3, -0.25) is 4.98 Å². The van der Waals surface area contributed by atoms with Crippen molar-refractivity contribution in [1.82, 2.24) is 4.98 Å². The van der Waals surface area contributed by atoms with Crippen LogP contribution in [0.4, 0.5) is 5.69 Å². The van der Waals surface area contributed by atoms with E-state index >= 15 is 0 Å². The Bertz CT molecular complexity index is 800. The summed E-state index contributed by atoms with van der Waals surface area (Å²) in [7, 11) is 0. The third kappa shape index (κ3) is 2.97. The van der Waals surface area contributed by atoms with Crippen molar-refractivity contribution in [2.75, 3.05) is 5.32 Å². The van der Waals surface area contributed by atoms with Crippen molar-refractivity contribution in [2.24, 2.45) is 0 Å². The summed E-state index contributed by atoms with van der Waals surface area (Å²) in [6.07, 6.45) is 1.77. The van der Waals surface area contributed by atoms with Crippen molar-refractivity contribution in [3.63, 3.8) is 0 Å². The molecule has 0 amide bonds. The summed E-state index contributed by atoms with van der Waals surface area (Å²) in [5.41, 5.74) is 4.03. The van der Waals surface area contributed by atoms with Crippen LogP contribution >= 0.6 is 23.2 Å². The molecule has 0 spiro atoms. The zero-order valence-corrected chi connectivity index (χ0v) is 13.0. The number of nitrogens with zero attached hydrogens (tertiary/aromatic N) is 1. The van der Waals surface area contributed by atoms with Gasteiger partial charge in [-0.2, -0.15) is 0 Å². The van der Waals surface area contributed by atoms with Crippen LogP contribution in [0.3, 0.4) is 0 Å². The van der Waals surface area contributed by atoms with Crippen molar-refractivity contribution in [3.8, 4) is 0 Å². The van der Waals surface area contributed by atoms with Crippen molar-refractivity contribution >= 4 is 39.8 Å². The summed E-state index contributed by atoms with van der Waals surface area (Å²) in [6, 6.07) is 13.7. The number of hydrogen-bond acceptors (Lipinski definition) is 2. The van der Waals surface area contributed by atoms with Gasteiger partial charge in [0, 0.05) is 23.2 Å². The molecule has 0 radical (unpaired) electrons. The van der Waals surface area contributed by atoms with E-state index in [9.17, 15) is 0 Å². The maximum absolute atomic E-state index is 6.26. The molecule has 0 aliphatic heterocycles. The van der Waals surface area contributed by atoms with Crippen LogP contribution in [-0.4, -0.2) is 4.98 Å². The Labute approximate surface area is 133 Å². The van der Waals surface area contributed by atoms with Gasteiger partial charge < -0.3 is 5.32 Å². The molecule has 0 bridgehead atoms. The van der Waals surface area contributed by atoms with E-state index in [1.807, 2.05) is 43.3 Å². The highest BCUT2D eigenvalue weighted by Gasteiger charge is 2.06. The van der Waals surface area contributed by atoms with Crippen molar-refractivity contribution in [2.45, 2.75) is 13.5 Å². The maximum Gasteiger partial charge on any atom is 0.0948 e. The van der Waals surface area contributed by atoms with Crippen molar-refractivity contribution in [3.05, 3.63) is 69.8 Å². The van der Waals surface area contributed by atoms with Gasteiger partial charge in [0.2, 0.25) is 0 Å². The molecule has 0 saturated heterocycles. The number of rotatable bonds is 3. The molecular weight excluding hydrogens is 303 g/mol. The molecule has 1 N–H and O–H groups in total. The first-order valence-electron chi connectivity index (χ1n) is 6.67. The molecule has 0 aliphatic carbocycles. The highest BCUT2D eigenvalue weighted by molar-refractivity contribution is 6.35. The van der Waals surface area contributed by atoms with Gasteiger partial charge in [0.05, 0.1) is 16.2 Å². The quantitative estimate of drug-likeness (QED) is 0.693. The molecule has 2 nitrogen and oxygen atoms in total. The molecular formula is C17H14Cl2N2. The number of fused-ring (bicyclic) bond motifs is 1. The van der Waals surface area contributed by atoms with Gasteiger partial charge in [-0.05, 0) is 48.4 Å². The van der Waals surface area contributed by atoms with Crippen molar-refractivity contribution < 1.29 is 0 Å². The Morgan fingerprint density at radius 1 is 1.05 bits per heavy atom. The monoisotopic (exact) mass is 316 g/mol. The van der Waals surface area contributed by atoms with Gasteiger partial charge in [-0.15, -0.1) is 0 Å². The second kappa shape index (κ2) is 5.92. The standard InChI is InChI=1S/C17H14Cl2N2/c1-11-4-5-12(15(19)9-11)10-21-16-7-6-14(18)13-3-2-8-20-17(13)16/h2-9,21H,10H2,1H3. The third-order valence-electron chi connectivity index (χ3n) is 3.39. The van der Waals surface area contributed by atoms with Crippen LogP contribution < -0.4 is 5.32 Å². The highest BCUT2D eigenvalue weighted by Crippen LogP contribution is 2.28. The first-order valence-corrected chi connectivity index (χ1v) is 7.43. The zero-order chi connectivity index (χ0) is 14.8. The first kappa shape index (κ1) is 14.2. The lowest BCUT2D eigenvalue weighted by Crippen LogP contribution is -2.01. The van der Waals surface area contributed by atoms with Gasteiger partial charge >= 0.3 is 0 Å². The van der Waals surface area contributed by atoms with E-state index in [-0.39, 0.29) is 0 Å². The average molecular weight is 317 g/mol. The van der Waals surface area contributed by atoms with Crippen LogP contribution in [0.25, 0.3) is 10.9 Å². The largest absolute Gasteiger partial charge is 0.379 e. The molecule has 106 valence electrons. The SMILES string of the molecule is Cc1ccc(CNc2ccc(Cl)c3cccnc23)c(Cl)c1. The summed E-state index contributed by atoms with van der Waals surface area (Å²) in [4.78, 5) is 4.41. The summed E-state index contributed by atoms with van der Waals surface area (Å²) < 4.78 is 0. The number of anilines is 1. The number of pyridine rings is 1. The molecule has 1 heterocycles. The van der Waals surface area contributed by atoms with Gasteiger partial charge in [-0.25, -0.2) is 0 Å². The molecule has 21 heavy (non-hydrogen) atoms. The lowest BCUT2D eigenvalue weighted by Gasteiger charge is -2.11. The molecule has 3 aromatic rings. The molecule has 0 fully saturated rings. The van der Waals surface area contributed by atoms with Crippen LogP contribution in [0.2, 0.25) is 10.0 Å². The molecule has 1 aromatic heterocycles. The Morgan fingerprint density at radius 3 is 2.71 bits per heavy atom. The number of hydrogen-bond donors (Lipinski definition) is 1. The van der Waals surface area contributed by atoms with E-state index in [0.29, 0.717) is 11.6 Å². The minimum Gasteiger partial charge on any atom is -0.379 e. The number of aromatic nitrogens is 1. The lowest BCUT2D eigenvalue weighted by atomic mass is 10.1. The summed E-state index contributed by atoms with van der Waals surface area (Å²) in [5.74, 6) is 0. The predicted octanol–water partition coefficient (Wildman–Crippen LogP) is 5.46. The molecule has 4 heteroatoms. The summed E-state index contributed by atoms with van der Waals surface area (Å²) in [5, 5.41) is 5.81. The number of nitrogens with one attached hydrogen (secondary N) is 1. The Balaban J connectivity index is 1.90. The first-order chi connectivity index (χ1) is 10.1. The highest BCUT2D eigenvalue weighted by atomic mass is 35.5. The van der Waals surface area contributed by atoms with Gasteiger partial charge in [0.1, 0.15) is 0 Å². The Hall–Kier alpha value is -1.77. The van der Waals surface area contributed by atoms with E-state index in [1.54, 1.807) is 6.20 Å². The zero-order valence-electron chi connectivity index (χ0n) is 11.5. The molecule has 2 aromatic carbocycles. The van der Waals surface area contributed by atoms with Crippen molar-refractivity contribution in [1.29, 1.82) is 0 Å². The number of aryl methyl sites for hydroxylation is 1. The fraction of sp³-hybridized carbons (Fsp3) is 0.118. The van der Waals surface area contributed by atoms with Gasteiger partial charge in [0.15, 0.2) is 0 Å². The third-order valence-corrected chi connectivity index (χ3v) is 4.08. The minimum atomic E-state index is 0.645. The van der Waals surface area contributed by atoms with E-state index in [4.69, 9.17) is 23.2 Å². The average Bonchev–Trinajstić information content (AvgIpc) is 2.48. The van der Waals surface area contributed by atoms with Gasteiger partial charge in [-0.1, -0.05) is 35.3 Å². The van der Waals surface area contributed by atoms with Gasteiger partial charge in [0.25, 0.3) is 0 Å². The second-order valence-electron chi connectivity index (χ2n) is 4.94. The van der Waals surface area contributed by atoms with E-state index < -0.39 is 0 Å². The topological polar surface area (TPSA) is 24.9 Å². The normalized spacial score (nSPS) is 10.8. The summed E-state index contributed by atoms with van der Waals surface area (Å²) in [6.45, 7) is 2.67. The smallest absolute Gasteiger partial charge is 0.0948 e. The second-order valence-corrected chi connectivity index (χ2v) is 5.76. The van der Waals surface area contributed by atoms with Crippen LogP contribution in [0.1, 0.15) is 11.1 Å². The van der Waals surface area contributed by atoms with E-state index in [2.05, 4.69) is 16.4 Å². The number of halogens is 2. The van der Waals surface area contributed by atoms with Crippen LogP contribution in [0.5, 0.6) is 0 Å². The predicted molar refractivity (Wildman–Crippen MR) is 90.3 cm³/mol. The summed E-state index contributed by atoms with van der Waals surface area (Å²) >= 11 is 12.5. The minimum absolute atomic E-state index is 0.645. The molecule has 0 aliphatic rings. The fourth-order valence-corrected chi connectivity index (χ4v) is 2.78. The lowest BCUT2D eigenvalue weighted by molar-refractivity contribution is 1.15. The Morgan fingerprint density at radius 2 is 1.90 bits per heavy atom. The van der Waals surface area contributed by atoms with Crippen LogP contribution in [-0.2, 0) is 6.54 Å². The number of benzene rings is 2. The van der Waals surface area contributed by atoms with E-state index in [0.717, 1.165) is 32.7 Å². The van der Waals surface area contributed by atoms with Crippen LogP contribution in [0, 0.1) is 6.92 Å². The Kier molecular flexibility index (Phi) is 4.00. The molecule has 0 saturated carbocycles. The fourth-order valence-electron chi connectivity index (χ4n) is 2.27. The maximum atomic E-state index is 6.26. The molecule has 0 unspecified atom stereocenters. The molecule has 3 rings (SSSR count). The van der Waals surface area contributed by atoms with Crippen LogP contribution in [0.15, 0.2) is 48.7 Å².